The van der Waals surface area contributed by atoms with Crippen LogP contribution in [-0.4, -0.2) is 89.4 Å². The molecule has 0 bridgehead atoms. The SMILES string of the molecule is C.C.COCCOCCCCC(=O)CNC(=O)C(C)CC(=O)C(NC(=O)OCCOCCCN)C(C)C. The number of Topliss-reactive ketones (excluding diaryl/α,β-unsaturated/α-hetero) is 2. The number of ether oxygens (including phenoxy) is 4. The third-order valence-electron chi connectivity index (χ3n) is 5.08. The van der Waals surface area contributed by atoms with Crippen LogP contribution in [0, 0.1) is 11.8 Å². The number of amides is 2. The van der Waals surface area contributed by atoms with Gasteiger partial charge in [0.25, 0.3) is 0 Å². The Morgan fingerprint density at radius 2 is 1.46 bits per heavy atom. The van der Waals surface area contributed by atoms with Crippen LogP contribution in [0.5, 0.6) is 0 Å². The first-order valence-electron chi connectivity index (χ1n) is 12.3. The van der Waals surface area contributed by atoms with E-state index in [1.54, 1.807) is 27.9 Å². The number of rotatable bonds is 22. The summed E-state index contributed by atoms with van der Waals surface area (Å²) in [7, 11) is 1.61. The largest absolute Gasteiger partial charge is 0.447 e. The average Bonchev–Trinajstić information content (AvgIpc) is 2.82. The van der Waals surface area contributed by atoms with Gasteiger partial charge in [0.15, 0.2) is 11.6 Å². The van der Waals surface area contributed by atoms with Crippen molar-refractivity contribution in [3.05, 3.63) is 0 Å². The van der Waals surface area contributed by atoms with Crippen molar-refractivity contribution >= 4 is 23.6 Å². The molecule has 0 fully saturated rings. The molecule has 0 aliphatic carbocycles. The molecule has 220 valence electrons. The van der Waals surface area contributed by atoms with E-state index in [4.69, 9.17) is 24.7 Å². The summed E-state index contributed by atoms with van der Waals surface area (Å²) in [6, 6.07) is -0.788. The van der Waals surface area contributed by atoms with Crippen molar-refractivity contribution in [1.82, 2.24) is 10.6 Å². The molecule has 11 heteroatoms. The summed E-state index contributed by atoms with van der Waals surface area (Å²) in [5, 5.41) is 5.16. The minimum atomic E-state index is -0.788. The van der Waals surface area contributed by atoms with Crippen LogP contribution in [0.15, 0.2) is 0 Å². The lowest BCUT2D eigenvalue weighted by Crippen LogP contribution is -2.46. The first-order valence-corrected chi connectivity index (χ1v) is 12.3. The second-order valence-corrected chi connectivity index (χ2v) is 8.65. The number of unbranched alkanes of at least 4 members (excludes halogenated alkanes) is 1. The number of ketones is 2. The van der Waals surface area contributed by atoms with Gasteiger partial charge in [0, 0.05) is 39.1 Å². The van der Waals surface area contributed by atoms with E-state index in [0.29, 0.717) is 45.8 Å². The van der Waals surface area contributed by atoms with Gasteiger partial charge in [-0.1, -0.05) is 35.6 Å². The van der Waals surface area contributed by atoms with Crippen molar-refractivity contribution in [3.63, 3.8) is 0 Å². The summed E-state index contributed by atoms with van der Waals surface area (Å²) in [5.41, 5.74) is 5.37. The molecular weight excluding hydrogens is 482 g/mol. The fourth-order valence-corrected chi connectivity index (χ4v) is 3.01. The Labute approximate surface area is 223 Å². The number of methoxy groups -OCH3 is 1. The number of nitrogens with one attached hydrogen (secondary N) is 2. The summed E-state index contributed by atoms with van der Waals surface area (Å²) in [4.78, 5) is 49.1. The van der Waals surface area contributed by atoms with E-state index in [1.165, 1.54) is 0 Å². The highest BCUT2D eigenvalue weighted by atomic mass is 16.6. The quantitative estimate of drug-likeness (QED) is 0.177. The predicted molar refractivity (Wildman–Crippen MR) is 144 cm³/mol. The third kappa shape index (κ3) is 21.7. The number of hydrogen-bond donors (Lipinski definition) is 3. The van der Waals surface area contributed by atoms with Crippen molar-refractivity contribution in [1.29, 1.82) is 0 Å². The Kier molecular flexibility index (Phi) is 27.2. The van der Waals surface area contributed by atoms with Gasteiger partial charge in [-0.05, 0) is 31.7 Å². The Morgan fingerprint density at radius 1 is 0.838 bits per heavy atom. The van der Waals surface area contributed by atoms with Gasteiger partial charge in [-0.15, -0.1) is 0 Å². The van der Waals surface area contributed by atoms with E-state index in [2.05, 4.69) is 10.6 Å². The molecule has 0 aliphatic rings. The van der Waals surface area contributed by atoms with Gasteiger partial charge in [0.1, 0.15) is 6.61 Å². The van der Waals surface area contributed by atoms with Gasteiger partial charge in [0.05, 0.1) is 32.4 Å². The van der Waals surface area contributed by atoms with Crippen molar-refractivity contribution in [2.45, 2.75) is 73.8 Å². The highest BCUT2D eigenvalue weighted by molar-refractivity contribution is 5.92. The zero-order valence-electron chi connectivity index (χ0n) is 21.8. The molecule has 0 heterocycles. The number of alkyl carbamates (subject to hydrolysis) is 1. The van der Waals surface area contributed by atoms with Crippen LogP contribution in [0.3, 0.4) is 0 Å². The van der Waals surface area contributed by atoms with Gasteiger partial charge in [0.2, 0.25) is 5.91 Å². The molecule has 2 amide bonds. The summed E-state index contributed by atoms with van der Waals surface area (Å²) in [5.74, 6) is -1.57. The molecule has 0 aromatic heterocycles. The topological polar surface area (TPSA) is 155 Å². The average molecular weight is 536 g/mol. The zero-order chi connectivity index (χ0) is 26.5. The predicted octanol–water partition coefficient (Wildman–Crippen LogP) is 2.49. The molecule has 2 atom stereocenters. The van der Waals surface area contributed by atoms with Crippen LogP contribution in [0.25, 0.3) is 0 Å². The van der Waals surface area contributed by atoms with Crippen molar-refractivity contribution in [2.24, 2.45) is 17.6 Å². The number of nitrogens with two attached hydrogens (primary N) is 1. The molecular formula is C26H53N3O8. The highest BCUT2D eigenvalue weighted by Crippen LogP contribution is 2.11. The van der Waals surface area contributed by atoms with Crippen molar-refractivity contribution in [2.75, 3.05) is 59.8 Å². The minimum Gasteiger partial charge on any atom is -0.447 e. The van der Waals surface area contributed by atoms with E-state index in [-0.39, 0.29) is 64.4 Å². The first-order chi connectivity index (χ1) is 16.7. The van der Waals surface area contributed by atoms with Gasteiger partial charge < -0.3 is 35.3 Å². The van der Waals surface area contributed by atoms with Crippen molar-refractivity contribution in [3.8, 4) is 0 Å². The van der Waals surface area contributed by atoms with E-state index in [0.717, 1.165) is 12.8 Å². The lowest BCUT2D eigenvalue weighted by atomic mass is 9.93. The van der Waals surface area contributed by atoms with Gasteiger partial charge in [-0.2, -0.15) is 0 Å². The molecule has 0 saturated carbocycles. The highest BCUT2D eigenvalue weighted by Gasteiger charge is 2.28. The van der Waals surface area contributed by atoms with Crippen LogP contribution in [0.2, 0.25) is 0 Å². The normalized spacial score (nSPS) is 12.1. The van der Waals surface area contributed by atoms with Crippen LogP contribution in [0.4, 0.5) is 4.79 Å². The second-order valence-electron chi connectivity index (χ2n) is 8.65. The number of hydrogen-bond acceptors (Lipinski definition) is 9. The van der Waals surface area contributed by atoms with Crippen LogP contribution >= 0.6 is 0 Å². The van der Waals surface area contributed by atoms with Crippen LogP contribution in [0.1, 0.15) is 67.7 Å². The Morgan fingerprint density at radius 3 is 2.05 bits per heavy atom. The first kappa shape index (κ1) is 39.4. The Bertz CT molecular complexity index is 617. The van der Waals surface area contributed by atoms with E-state index < -0.39 is 18.1 Å². The fourth-order valence-electron chi connectivity index (χ4n) is 3.01. The summed E-state index contributed by atoms with van der Waals surface area (Å²) in [6.45, 7) is 8.07. The van der Waals surface area contributed by atoms with E-state index >= 15 is 0 Å². The minimum absolute atomic E-state index is 0. The zero-order valence-corrected chi connectivity index (χ0v) is 21.8. The molecule has 4 N–H and O–H groups in total. The van der Waals surface area contributed by atoms with Gasteiger partial charge >= 0.3 is 6.09 Å². The van der Waals surface area contributed by atoms with Crippen LogP contribution < -0.4 is 16.4 Å². The number of carbonyl (C=O) groups excluding carboxylic acids is 4. The number of carbonyl (C=O) groups is 4. The molecule has 0 spiro atoms. The second kappa shape index (κ2) is 25.6. The molecule has 0 rings (SSSR count). The van der Waals surface area contributed by atoms with Crippen molar-refractivity contribution < 1.29 is 38.1 Å². The molecule has 2 unspecified atom stereocenters. The monoisotopic (exact) mass is 535 g/mol. The molecule has 0 radical (unpaired) electrons. The van der Waals surface area contributed by atoms with Gasteiger partial charge in [-0.3, -0.25) is 14.4 Å². The Hall–Kier alpha value is -2.08. The maximum atomic E-state index is 12.7. The lowest BCUT2D eigenvalue weighted by molar-refractivity contribution is -0.131. The third-order valence-corrected chi connectivity index (χ3v) is 5.08. The van der Waals surface area contributed by atoms with E-state index in [1.807, 2.05) is 0 Å². The smallest absolute Gasteiger partial charge is 0.407 e. The summed E-state index contributed by atoms with van der Waals surface area (Å²) >= 11 is 0. The van der Waals surface area contributed by atoms with E-state index in [9.17, 15) is 19.2 Å². The van der Waals surface area contributed by atoms with Crippen LogP contribution in [-0.2, 0) is 33.3 Å². The summed E-state index contributed by atoms with van der Waals surface area (Å²) in [6.07, 6.45) is 1.72. The maximum absolute atomic E-state index is 12.7. The molecule has 0 aromatic rings. The molecule has 0 aromatic carbocycles. The fraction of sp³-hybridized carbons (Fsp3) is 0.846. The molecule has 11 nitrogen and oxygen atoms in total. The standard InChI is InChI=1S/C24H45N3O8.2CH4/c1-18(2)22(27-24(31)35-15-14-34-11-7-9-25)21(29)16-19(3)23(30)26-17-20(28)8-5-6-10-33-13-12-32-4;;/h18-19,22H,5-17,25H2,1-4H3,(H,26,30)(H,27,31);2*1H4. The molecule has 0 saturated heterocycles. The maximum Gasteiger partial charge on any atom is 0.407 e. The Balaban J connectivity index is -0.00000578. The summed E-state index contributed by atoms with van der Waals surface area (Å²) < 4.78 is 20.5. The van der Waals surface area contributed by atoms with Gasteiger partial charge in [-0.25, -0.2) is 4.79 Å². The molecule has 0 aliphatic heterocycles. The molecule has 37 heavy (non-hydrogen) atoms. The lowest BCUT2D eigenvalue weighted by Gasteiger charge is -2.22.